The third-order valence-electron chi connectivity index (χ3n) is 5.25. The second-order valence-electron chi connectivity index (χ2n) is 6.91. The zero-order valence-electron chi connectivity index (χ0n) is 16.8. The number of para-hydroxylation sites is 1. The van der Waals surface area contributed by atoms with Crippen molar-refractivity contribution < 1.29 is 51.0 Å². The van der Waals surface area contributed by atoms with Crippen molar-refractivity contribution in [1.29, 1.82) is 0 Å². The van der Waals surface area contributed by atoms with Gasteiger partial charge in [0.25, 0.3) is 0 Å². The van der Waals surface area contributed by atoms with E-state index in [1.807, 2.05) is 0 Å². The van der Waals surface area contributed by atoms with Crippen LogP contribution in [0.2, 0.25) is 0 Å². The fourth-order valence-corrected chi connectivity index (χ4v) is 3.39. The Bertz CT molecular complexity index is 1130. The number of hydrogen-bond donors (Lipinski definition) is 0. The maximum absolute atomic E-state index is 2.25. The molecule has 0 bridgehead atoms. The fourth-order valence-electron chi connectivity index (χ4n) is 3.39. The third kappa shape index (κ3) is 5.31. The first-order chi connectivity index (χ1) is 12.6. The van der Waals surface area contributed by atoms with Gasteiger partial charge in [0.2, 0.25) is 0 Å². The molecular weight excluding hydrogens is 476 g/mol. The molecule has 1 aromatic heterocycles. The van der Waals surface area contributed by atoms with Gasteiger partial charge in [0.15, 0.2) is 0 Å². The second-order valence-corrected chi connectivity index (χ2v) is 6.91. The number of benzene rings is 2. The van der Waals surface area contributed by atoms with Crippen LogP contribution in [0.25, 0.3) is 27.4 Å². The topological polar surface area (TPSA) is 4.93 Å². The molecule has 4 heteroatoms. The summed E-state index contributed by atoms with van der Waals surface area (Å²) in [4.78, 5) is 0. The minimum absolute atomic E-state index is 0. The number of aryl methyl sites for hydroxylation is 2. The first-order valence-electron chi connectivity index (χ1n) is 9.05. The summed E-state index contributed by atoms with van der Waals surface area (Å²) in [6, 6.07) is 27.9. The molecule has 0 aliphatic carbocycles. The first-order valence-corrected chi connectivity index (χ1v) is 9.05. The van der Waals surface area contributed by atoms with Crippen molar-refractivity contribution in [2.75, 3.05) is 0 Å². The molecule has 0 aliphatic rings. The average Bonchev–Trinajstić information content (AvgIpc) is 3.35. The average molecular weight is 500 g/mol. The van der Waals surface area contributed by atoms with Gasteiger partial charge in [0.05, 0.1) is 5.52 Å². The summed E-state index contributed by atoms with van der Waals surface area (Å²) in [5.41, 5.74) is 6.74. The molecule has 0 amide bonds. The Kier molecular flexibility index (Phi) is 9.63. The van der Waals surface area contributed by atoms with Crippen LogP contribution >= 0.6 is 0 Å². The molecule has 5 rings (SSSR count). The molecule has 1 heterocycles. The molecule has 0 saturated carbocycles. The maximum atomic E-state index is 2.25. The van der Waals surface area contributed by atoms with Crippen LogP contribution in [0, 0.1) is 20.8 Å². The molecule has 0 aliphatic heterocycles. The van der Waals surface area contributed by atoms with Crippen molar-refractivity contribution in [3.05, 3.63) is 102 Å². The summed E-state index contributed by atoms with van der Waals surface area (Å²) in [5, 5.41) is 3.87. The van der Waals surface area contributed by atoms with E-state index < -0.39 is 0 Å². The number of hydrogen-bond acceptors (Lipinski definition) is 0. The summed E-state index contributed by atoms with van der Waals surface area (Å²) < 4.78 is 2.25. The van der Waals surface area contributed by atoms with E-state index in [2.05, 4.69) is 110 Å². The predicted octanol–water partition coefficient (Wildman–Crippen LogP) is 0.839. The van der Waals surface area contributed by atoms with Crippen molar-refractivity contribution in [3.8, 4) is 5.69 Å². The Morgan fingerprint density at radius 1 is 0.828 bits per heavy atom. The van der Waals surface area contributed by atoms with Gasteiger partial charge in [-0.3, -0.25) is 0 Å². The monoisotopic (exact) mass is 497 g/mol. The molecule has 0 radical (unpaired) electrons. The smallest absolute Gasteiger partial charge is 1.00 e. The summed E-state index contributed by atoms with van der Waals surface area (Å²) in [5.74, 6) is 0. The Labute approximate surface area is 204 Å². The van der Waals surface area contributed by atoms with Gasteiger partial charge in [-0.2, -0.15) is 22.8 Å². The van der Waals surface area contributed by atoms with Crippen LogP contribution < -0.4 is 24.8 Å². The van der Waals surface area contributed by atoms with Gasteiger partial charge in [-0.15, -0.1) is 41.1 Å². The molecule has 0 unspecified atom stereocenters. The standard InChI is InChI=1S/C17H12N.C8H11.2ClH.Zr/c1-2-7-15-12-16(11-14(15)6-1)18-10-9-13-5-3-4-8-17(13)18;1-6-4-5-7(2)8(6)3;;;/h1-12H;4-5H,1-3H3;2*1H;/q2*-1;;;+4/p-2. The van der Waals surface area contributed by atoms with Gasteiger partial charge >= 0.3 is 26.2 Å². The number of aromatic nitrogens is 1. The fraction of sp³-hybridized carbons (Fsp3) is 0.120. The number of rotatable bonds is 1. The van der Waals surface area contributed by atoms with E-state index in [1.54, 1.807) is 0 Å². The Hall–Kier alpha value is -1.60. The second kappa shape index (κ2) is 11.0. The molecule has 5 aromatic rings. The Morgan fingerprint density at radius 3 is 2.07 bits per heavy atom. The number of nitrogens with zero attached hydrogens (tertiary/aromatic N) is 1. The van der Waals surface area contributed by atoms with Crippen molar-refractivity contribution >= 4 is 21.7 Å². The van der Waals surface area contributed by atoms with Crippen molar-refractivity contribution in [1.82, 2.24) is 4.57 Å². The van der Waals surface area contributed by atoms with Crippen LogP contribution in [-0.4, -0.2) is 4.57 Å². The minimum atomic E-state index is 0. The molecule has 4 aromatic carbocycles. The first kappa shape index (κ1) is 25.4. The van der Waals surface area contributed by atoms with E-state index >= 15 is 0 Å². The van der Waals surface area contributed by atoms with Crippen LogP contribution in [0.4, 0.5) is 0 Å². The summed E-state index contributed by atoms with van der Waals surface area (Å²) >= 11 is 0. The zero-order valence-corrected chi connectivity index (χ0v) is 20.8. The molecule has 0 atom stereocenters. The van der Waals surface area contributed by atoms with Crippen molar-refractivity contribution in [2.45, 2.75) is 20.8 Å². The van der Waals surface area contributed by atoms with Gasteiger partial charge in [0.1, 0.15) is 0 Å². The summed E-state index contributed by atoms with van der Waals surface area (Å²) in [6.45, 7) is 6.44. The molecule has 0 fully saturated rings. The van der Waals surface area contributed by atoms with Gasteiger partial charge in [-0.25, -0.2) is 6.07 Å². The normalized spacial score (nSPS) is 9.76. The number of fused-ring (bicyclic) bond motifs is 2. The quantitative estimate of drug-likeness (QED) is 0.302. The van der Waals surface area contributed by atoms with Gasteiger partial charge < -0.3 is 29.4 Å². The molecule has 0 N–H and O–H groups in total. The van der Waals surface area contributed by atoms with E-state index in [-0.39, 0.29) is 51.0 Å². The minimum Gasteiger partial charge on any atom is -1.00 e. The van der Waals surface area contributed by atoms with Gasteiger partial charge in [-0.1, -0.05) is 45.0 Å². The van der Waals surface area contributed by atoms with Crippen LogP contribution in [0.15, 0.2) is 85.1 Å². The van der Waals surface area contributed by atoms with Crippen LogP contribution in [0.3, 0.4) is 0 Å². The van der Waals surface area contributed by atoms with Gasteiger partial charge in [-0.05, 0) is 23.2 Å². The largest absolute Gasteiger partial charge is 4.00 e. The molecule has 0 spiro atoms. The number of halogens is 2. The molecule has 146 valence electrons. The molecule has 0 saturated heterocycles. The van der Waals surface area contributed by atoms with Crippen LogP contribution in [-0.2, 0) is 26.2 Å². The zero-order chi connectivity index (χ0) is 18.1. The summed E-state index contributed by atoms with van der Waals surface area (Å²) in [7, 11) is 0. The van der Waals surface area contributed by atoms with E-state index in [0.717, 1.165) is 0 Å². The van der Waals surface area contributed by atoms with Gasteiger partial charge in [0, 0.05) is 6.20 Å². The molecule has 1 nitrogen and oxygen atoms in total. The van der Waals surface area contributed by atoms with E-state index in [0.29, 0.717) is 0 Å². The Morgan fingerprint density at radius 2 is 1.48 bits per heavy atom. The van der Waals surface area contributed by atoms with E-state index in [9.17, 15) is 0 Å². The van der Waals surface area contributed by atoms with Crippen molar-refractivity contribution in [2.24, 2.45) is 0 Å². The van der Waals surface area contributed by atoms with E-state index in [1.165, 1.54) is 44.1 Å². The molecule has 29 heavy (non-hydrogen) atoms. The SMILES string of the molecule is Cc1cc[c-](C)c1C.[Cl-].[Cl-].[Zr+4].c1ccc2[cH-]c(-n3ccc4ccccc43)cc2c1. The van der Waals surface area contributed by atoms with Crippen LogP contribution in [0.1, 0.15) is 16.7 Å². The maximum Gasteiger partial charge on any atom is 4.00 e. The molecular formula is C25H23Cl2NZr. The van der Waals surface area contributed by atoms with Crippen LogP contribution in [0.5, 0.6) is 0 Å². The Balaban J connectivity index is 0.000000332. The van der Waals surface area contributed by atoms with E-state index in [4.69, 9.17) is 0 Å². The summed E-state index contributed by atoms with van der Waals surface area (Å²) in [6.07, 6.45) is 2.14. The van der Waals surface area contributed by atoms with Crippen molar-refractivity contribution in [3.63, 3.8) is 0 Å². The predicted molar refractivity (Wildman–Crippen MR) is 113 cm³/mol. The third-order valence-corrected chi connectivity index (χ3v) is 5.25.